The summed E-state index contributed by atoms with van der Waals surface area (Å²) in [6.45, 7) is 5.80. The topological polar surface area (TPSA) is 135 Å². The maximum atomic E-state index is 13.2. The van der Waals surface area contributed by atoms with Crippen molar-refractivity contribution in [2.45, 2.75) is 18.1 Å². The Kier molecular flexibility index (Phi) is 8.05. The van der Waals surface area contributed by atoms with E-state index in [1.165, 1.54) is 4.68 Å². The van der Waals surface area contributed by atoms with Crippen molar-refractivity contribution in [3.05, 3.63) is 48.2 Å². The van der Waals surface area contributed by atoms with Gasteiger partial charge in [0.2, 0.25) is 11.9 Å². The Balaban J connectivity index is 1.08. The fourth-order valence-corrected chi connectivity index (χ4v) is 5.71. The van der Waals surface area contributed by atoms with Crippen molar-refractivity contribution in [1.82, 2.24) is 44.6 Å². The molecule has 234 valence electrons. The second-order valence-electron chi connectivity index (χ2n) is 11.1. The zero-order valence-corrected chi connectivity index (χ0v) is 24.2. The molecule has 1 amide bonds. The van der Waals surface area contributed by atoms with Crippen molar-refractivity contribution < 1.29 is 22.7 Å². The summed E-state index contributed by atoms with van der Waals surface area (Å²) >= 11 is 0. The first-order chi connectivity index (χ1) is 21.2. The molecule has 3 aromatic rings. The van der Waals surface area contributed by atoms with Crippen molar-refractivity contribution in [3.63, 3.8) is 0 Å². The van der Waals surface area contributed by atoms with Crippen LogP contribution in [0.1, 0.15) is 12.0 Å². The number of pyridine rings is 1. The van der Waals surface area contributed by atoms with Gasteiger partial charge in [-0.25, -0.2) is 9.94 Å². The smallest absolute Gasteiger partial charge is 0.383 e. The van der Waals surface area contributed by atoms with Gasteiger partial charge in [0.1, 0.15) is 12.1 Å². The maximum Gasteiger partial charge on any atom is 0.419 e. The van der Waals surface area contributed by atoms with Gasteiger partial charge in [0.25, 0.3) is 0 Å². The number of hydrogen-bond acceptors (Lipinski definition) is 11. The Labute approximate surface area is 251 Å². The van der Waals surface area contributed by atoms with Gasteiger partial charge in [-0.2, -0.15) is 28.5 Å². The SMILES string of the molecule is COCCN1CCN(C(=O)CN2C=C(Nc3nc4c(N5CC(CC#N)(n6cc(C(F)(F)F)cn6)C5)cccn4n3)CN2)CC1. The molecule has 0 aliphatic carbocycles. The summed E-state index contributed by atoms with van der Waals surface area (Å²) in [4.78, 5) is 23.6. The van der Waals surface area contributed by atoms with Crippen molar-refractivity contribution in [3.8, 4) is 6.07 Å². The Hall–Kier alpha value is -4.40. The predicted octanol–water partition coefficient (Wildman–Crippen LogP) is 0.938. The number of nitriles is 1. The van der Waals surface area contributed by atoms with Crippen LogP contribution in [0.2, 0.25) is 0 Å². The van der Waals surface area contributed by atoms with Crippen molar-refractivity contribution >= 4 is 23.2 Å². The van der Waals surface area contributed by atoms with E-state index in [-0.39, 0.29) is 32.0 Å². The van der Waals surface area contributed by atoms with Gasteiger partial charge in [-0.1, -0.05) is 0 Å². The van der Waals surface area contributed by atoms with Gasteiger partial charge in [-0.05, 0) is 12.1 Å². The highest BCUT2D eigenvalue weighted by Crippen LogP contribution is 2.39. The lowest BCUT2D eigenvalue weighted by Gasteiger charge is -2.50. The van der Waals surface area contributed by atoms with Crippen LogP contribution in [0.15, 0.2) is 42.6 Å². The number of nitrogens with zero attached hydrogens (tertiary/aromatic N) is 10. The minimum atomic E-state index is -4.51. The summed E-state index contributed by atoms with van der Waals surface area (Å²) < 4.78 is 47.5. The van der Waals surface area contributed by atoms with Crippen LogP contribution in [0.5, 0.6) is 0 Å². The minimum Gasteiger partial charge on any atom is -0.383 e. The number of carbonyl (C=O) groups excluding carboxylic acids is 1. The van der Waals surface area contributed by atoms with E-state index < -0.39 is 17.3 Å². The van der Waals surface area contributed by atoms with E-state index in [4.69, 9.17) is 4.74 Å². The third-order valence-electron chi connectivity index (χ3n) is 8.16. The maximum absolute atomic E-state index is 13.2. The second kappa shape index (κ2) is 11.9. The molecule has 0 bridgehead atoms. The molecular weight excluding hydrogens is 581 g/mol. The Morgan fingerprint density at radius 1 is 1.25 bits per heavy atom. The van der Waals surface area contributed by atoms with Crippen LogP contribution >= 0.6 is 0 Å². The molecule has 0 aromatic carbocycles. The van der Waals surface area contributed by atoms with Crippen molar-refractivity contribution in [2.24, 2.45) is 0 Å². The van der Waals surface area contributed by atoms with Gasteiger partial charge >= 0.3 is 6.18 Å². The largest absolute Gasteiger partial charge is 0.419 e. The summed E-state index contributed by atoms with van der Waals surface area (Å²) in [6.07, 6.45) is 0.819. The number of fused-ring (bicyclic) bond motifs is 1. The average Bonchev–Trinajstić information content (AvgIpc) is 3.74. The lowest BCUT2D eigenvalue weighted by Crippen LogP contribution is -2.63. The fraction of sp³-hybridized carbons (Fsp3) is 0.519. The first kappa shape index (κ1) is 29.7. The highest BCUT2D eigenvalue weighted by molar-refractivity contribution is 5.78. The normalized spacial score (nSPS) is 18.8. The van der Waals surface area contributed by atoms with E-state index in [0.29, 0.717) is 37.8 Å². The van der Waals surface area contributed by atoms with E-state index in [9.17, 15) is 23.2 Å². The number of amides is 1. The molecule has 44 heavy (non-hydrogen) atoms. The van der Waals surface area contributed by atoms with E-state index in [1.54, 1.807) is 22.8 Å². The second-order valence-corrected chi connectivity index (χ2v) is 11.1. The highest BCUT2D eigenvalue weighted by atomic mass is 19.4. The van der Waals surface area contributed by atoms with Crippen LogP contribution in [0.25, 0.3) is 5.65 Å². The number of hydrogen-bond donors (Lipinski definition) is 2. The summed E-state index contributed by atoms with van der Waals surface area (Å²) in [5, 5.41) is 22.8. The van der Waals surface area contributed by atoms with Gasteiger partial charge in [0.15, 0.2) is 5.65 Å². The van der Waals surface area contributed by atoms with E-state index >= 15 is 0 Å². The number of alkyl halides is 3. The quantitative estimate of drug-likeness (QED) is 0.338. The number of halogens is 3. The molecule has 3 aromatic heterocycles. The van der Waals surface area contributed by atoms with E-state index in [0.717, 1.165) is 43.4 Å². The Morgan fingerprint density at radius 3 is 2.75 bits per heavy atom. The number of ether oxygens (including phenoxy) is 1. The number of rotatable bonds is 10. The number of piperazine rings is 1. The third-order valence-corrected chi connectivity index (χ3v) is 8.16. The molecule has 6 rings (SSSR count). The van der Waals surface area contributed by atoms with Gasteiger partial charge in [0, 0.05) is 71.5 Å². The number of methoxy groups -OCH3 is 1. The molecule has 0 unspecified atom stereocenters. The molecule has 17 heteroatoms. The first-order valence-corrected chi connectivity index (χ1v) is 14.2. The third kappa shape index (κ3) is 6.00. The van der Waals surface area contributed by atoms with Crippen LogP contribution in [0.3, 0.4) is 0 Å². The number of hydrazine groups is 1. The summed E-state index contributed by atoms with van der Waals surface area (Å²) in [5.41, 5.74) is 3.54. The first-order valence-electron chi connectivity index (χ1n) is 14.2. The van der Waals surface area contributed by atoms with Gasteiger partial charge in [-0.3, -0.25) is 14.4 Å². The van der Waals surface area contributed by atoms with Crippen molar-refractivity contribution in [1.29, 1.82) is 5.26 Å². The molecule has 3 aliphatic heterocycles. The van der Waals surface area contributed by atoms with Crippen LogP contribution < -0.4 is 15.6 Å². The summed E-state index contributed by atoms with van der Waals surface area (Å²) in [7, 11) is 1.68. The molecule has 0 atom stereocenters. The molecule has 14 nitrogen and oxygen atoms in total. The summed E-state index contributed by atoms with van der Waals surface area (Å²) in [6, 6.07) is 5.76. The number of nitrogens with one attached hydrogen (secondary N) is 2. The van der Waals surface area contributed by atoms with Crippen LogP contribution in [0.4, 0.5) is 24.8 Å². The molecule has 0 saturated carbocycles. The molecule has 0 spiro atoms. The average molecular weight is 615 g/mol. The zero-order chi connectivity index (χ0) is 30.9. The number of aromatic nitrogens is 5. The van der Waals surface area contributed by atoms with Gasteiger partial charge in [0.05, 0.1) is 48.8 Å². The molecule has 2 N–H and O–H groups in total. The standard InChI is InChI=1S/C27H33F3N12O2/c1-44-12-11-37-7-9-38(10-8-37)23(43)17-40-16-21(14-32-40)34-25-35-24-22(3-2-6-41(24)36-25)39-18-26(19-39,4-5-31)42-15-20(13-33-42)27(28,29)30/h2-3,6,13,15-16,32H,4,7-12,14,17-19H2,1H3,(H,34,36). The Morgan fingerprint density at radius 2 is 2.05 bits per heavy atom. The van der Waals surface area contributed by atoms with Gasteiger partial charge in [-0.15, -0.1) is 5.10 Å². The fourth-order valence-electron chi connectivity index (χ4n) is 5.71. The lowest BCUT2D eigenvalue weighted by molar-refractivity contribution is -0.137. The number of carbonyl (C=O) groups is 1. The molecule has 2 fully saturated rings. The van der Waals surface area contributed by atoms with Gasteiger partial charge < -0.3 is 24.9 Å². The summed E-state index contributed by atoms with van der Waals surface area (Å²) in [5.74, 6) is 0.403. The molecular formula is C27H33F3N12O2. The lowest BCUT2D eigenvalue weighted by atomic mass is 9.86. The van der Waals surface area contributed by atoms with E-state index in [2.05, 4.69) is 36.9 Å². The molecule has 6 heterocycles. The predicted molar refractivity (Wildman–Crippen MR) is 152 cm³/mol. The van der Waals surface area contributed by atoms with Crippen molar-refractivity contribution in [2.75, 3.05) is 82.8 Å². The minimum absolute atomic E-state index is 0.00976. The number of anilines is 2. The molecule has 2 saturated heterocycles. The van der Waals surface area contributed by atoms with Crippen LogP contribution in [-0.4, -0.2) is 118 Å². The molecule has 3 aliphatic rings. The van der Waals surface area contributed by atoms with E-state index in [1.807, 2.05) is 28.1 Å². The zero-order valence-electron chi connectivity index (χ0n) is 24.2. The molecule has 0 radical (unpaired) electrons. The highest BCUT2D eigenvalue weighted by Gasteiger charge is 2.47. The van der Waals surface area contributed by atoms with Crippen LogP contribution in [0, 0.1) is 11.3 Å². The van der Waals surface area contributed by atoms with Crippen LogP contribution in [-0.2, 0) is 21.2 Å². The Bertz CT molecular complexity index is 1560. The monoisotopic (exact) mass is 614 g/mol.